The monoisotopic (exact) mass is 498 g/mol. The molecule has 3 atom stereocenters. The topological polar surface area (TPSA) is 139 Å². The summed E-state index contributed by atoms with van der Waals surface area (Å²) in [6, 6.07) is 5.50. The van der Waals surface area contributed by atoms with E-state index < -0.39 is 29.9 Å². The van der Waals surface area contributed by atoms with Crippen LogP contribution in [0.1, 0.15) is 55.9 Å². The Morgan fingerprint density at radius 2 is 1.92 bits per heavy atom. The van der Waals surface area contributed by atoms with Crippen LogP contribution in [0.5, 0.6) is 5.75 Å². The molecule has 2 aliphatic rings. The first-order valence-corrected chi connectivity index (χ1v) is 12.6. The molecule has 1 aliphatic carbocycles. The number of aromatic nitrogens is 1. The fourth-order valence-electron chi connectivity index (χ4n) is 4.53. The Balaban J connectivity index is 1.47. The quantitative estimate of drug-likeness (QED) is 0.330. The van der Waals surface area contributed by atoms with Crippen molar-refractivity contribution in [1.29, 1.82) is 0 Å². The molecule has 194 valence electrons. The number of aromatic amines is 1. The molecule has 1 aromatic heterocycles. The molecule has 2 fully saturated rings. The number of methoxy groups -OCH3 is 1. The Morgan fingerprint density at radius 3 is 2.58 bits per heavy atom. The molecule has 36 heavy (non-hydrogen) atoms. The van der Waals surface area contributed by atoms with Crippen molar-refractivity contribution in [2.45, 2.75) is 57.5 Å². The Morgan fingerprint density at radius 1 is 1.11 bits per heavy atom. The lowest BCUT2D eigenvalue weighted by Gasteiger charge is -2.23. The molecule has 1 aliphatic heterocycles. The van der Waals surface area contributed by atoms with Crippen LogP contribution in [0.2, 0.25) is 0 Å². The fourth-order valence-corrected chi connectivity index (χ4v) is 4.53. The van der Waals surface area contributed by atoms with E-state index in [2.05, 4.69) is 20.9 Å². The molecule has 2 heterocycles. The largest absolute Gasteiger partial charge is 0.493 e. The first-order chi connectivity index (χ1) is 17.4. The van der Waals surface area contributed by atoms with Gasteiger partial charge in [0.2, 0.25) is 11.8 Å². The summed E-state index contributed by atoms with van der Waals surface area (Å²) < 4.78 is 10.7. The third-order valence-corrected chi connectivity index (χ3v) is 6.70. The second kappa shape index (κ2) is 11.5. The van der Waals surface area contributed by atoms with Crippen LogP contribution in [0.3, 0.4) is 0 Å². The maximum atomic E-state index is 13.2. The molecule has 0 spiro atoms. The minimum atomic E-state index is -0.971. The predicted molar refractivity (Wildman–Crippen MR) is 132 cm³/mol. The third-order valence-electron chi connectivity index (χ3n) is 6.70. The van der Waals surface area contributed by atoms with Gasteiger partial charge in [0, 0.05) is 23.4 Å². The molecule has 0 bridgehead atoms. The SMILES string of the molecule is CCCOc1cccc2[nH]c(C(=O)N[C@@H](CC3CC3)C(=O)N[C@@H](C[C@@H]3CCNC3=O)C(=O)OC)cc12. The number of carbonyl (C=O) groups excluding carboxylic acids is 4. The number of fused-ring (bicyclic) bond motifs is 1. The molecular formula is C26H34N4O6. The Labute approximate surface area is 209 Å². The highest BCUT2D eigenvalue weighted by Gasteiger charge is 2.36. The minimum Gasteiger partial charge on any atom is -0.493 e. The van der Waals surface area contributed by atoms with Crippen molar-refractivity contribution in [3.8, 4) is 5.75 Å². The lowest BCUT2D eigenvalue weighted by molar-refractivity contribution is -0.146. The first kappa shape index (κ1) is 25.5. The second-order valence-electron chi connectivity index (χ2n) is 9.55. The number of H-pyrrole nitrogens is 1. The van der Waals surface area contributed by atoms with Gasteiger partial charge in [-0.25, -0.2) is 4.79 Å². The first-order valence-electron chi connectivity index (χ1n) is 12.6. The summed E-state index contributed by atoms with van der Waals surface area (Å²) in [6.07, 6.45) is 4.07. The molecular weight excluding hydrogens is 464 g/mol. The second-order valence-corrected chi connectivity index (χ2v) is 9.55. The van der Waals surface area contributed by atoms with Gasteiger partial charge in [0.05, 0.1) is 13.7 Å². The van der Waals surface area contributed by atoms with E-state index in [-0.39, 0.29) is 18.2 Å². The molecule has 2 aromatic rings. The van der Waals surface area contributed by atoms with Crippen molar-refractivity contribution in [3.63, 3.8) is 0 Å². The van der Waals surface area contributed by atoms with E-state index in [1.54, 1.807) is 6.07 Å². The molecule has 0 radical (unpaired) electrons. The molecule has 10 heteroatoms. The van der Waals surface area contributed by atoms with Crippen molar-refractivity contribution in [3.05, 3.63) is 30.0 Å². The summed E-state index contributed by atoms with van der Waals surface area (Å²) in [5.41, 5.74) is 1.08. The van der Waals surface area contributed by atoms with E-state index in [4.69, 9.17) is 9.47 Å². The summed E-state index contributed by atoms with van der Waals surface area (Å²) in [4.78, 5) is 53.9. The highest BCUT2D eigenvalue weighted by Crippen LogP contribution is 2.34. The van der Waals surface area contributed by atoms with Gasteiger partial charge in [0.25, 0.3) is 5.91 Å². The lowest BCUT2D eigenvalue weighted by atomic mass is 9.97. The van der Waals surface area contributed by atoms with Crippen molar-refractivity contribution >= 4 is 34.6 Å². The smallest absolute Gasteiger partial charge is 0.328 e. The van der Waals surface area contributed by atoms with Crippen LogP contribution in [0.4, 0.5) is 0 Å². The summed E-state index contributed by atoms with van der Waals surface area (Å²) in [6.45, 7) is 3.13. The molecule has 4 N–H and O–H groups in total. The van der Waals surface area contributed by atoms with Crippen LogP contribution in [0.15, 0.2) is 24.3 Å². The van der Waals surface area contributed by atoms with E-state index in [1.807, 2.05) is 25.1 Å². The molecule has 1 saturated carbocycles. The maximum Gasteiger partial charge on any atom is 0.328 e. The van der Waals surface area contributed by atoms with E-state index in [0.29, 0.717) is 43.4 Å². The van der Waals surface area contributed by atoms with Crippen molar-refractivity contribution < 1.29 is 28.7 Å². The van der Waals surface area contributed by atoms with Crippen LogP contribution in [0.25, 0.3) is 10.9 Å². The third kappa shape index (κ3) is 6.16. The number of amides is 3. The number of rotatable bonds is 12. The zero-order valence-corrected chi connectivity index (χ0v) is 20.7. The number of carbonyl (C=O) groups is 4. The average molecular weight is 499 g/mol. The summed E-state index contributed by atoms with van der Waals surface area (Å²) in [7, 11) is 1.24. The summed E-state index contributed by atoms with van der Waals surface area (Å²) in [5, 5.41) is 9.10. The van der Waals surface area contributed by atoms with Gasteiger partial charge < -0.3 is 30.4 Å². The fraction of sp³-hybridized carbons (Fsp3) is 0.538. The molecule has 4 rings (SSSR count). The lowest BCUT2D eigenvalue weighted by Crippen LogP contribution is -2.52. The normalized spacial score (nSPS) is 18.8. The van der Waals surface area contributed by atoms with E-state index in [0.717, 1.165) is 30.2 Å². The number of ether oxygens (including phenoxy) is 2. The Hall–Kier alpha value is -3.56. The van der Waals surface area contributed by atoms with Gasteiger partial charge in [-0.3, -0.25) is 14.4 Å². The predicted octanol–water partition coefficient (Wildman–Crippen LogP) is 2.04. The van der Waals surface area contributed by atoms with Crippen LogP contribution in [0, 0.1) is 11.8 Å². The average Bonchev–Trinajstić information content (AvgIpc) is 3.43. The number of hydrogen-bond acceptors (Lipinski definition) is 6. The van der Waals surface area contributed by atoms with Crippen LogP contribution in [-0.2, 0) is 19.1 Å². The van der Waals surface area contributed by atoms with Gasteiger partial charge in [0.15, 0.2) is 0 Å². The van der Waals surface area contributed by atoms with Gasteiger partial charge >= 0.3 is 5.97 Å². The zero-order valence-electron chi connectivity index (χ0n) is 20.7. The molecule has 3 amide bonds. The maximum absolute atomic E-state index is 13.2. The van der Waals surface area contributed by atoms with Crippen molar-refractivity contribution in [2.75, 3.05) is 20.3 Å². The van der Waals surface area contributed by atoms with Crippen LogP contribution >= 0.6 is 0 Å². The van der Waals surface area contributed by atoms with Crippen LogP contribution in [-0.4, -0.2) is 61.0 Å². The molecule has 0 unspecified atom stereocenters. The number of hydrogen-bond donors (Lipinski definition) is 4. The molecule has 10 nitrogen and oxygen atoms in total. The van der Waals surface area contributed by atoms with E-state index in [1.165, 1.54) is 7.11 Å². The van der Waals surface area contributed by atoms with Gasteiger partial charge in [-0.15, -0.1) is 0 Å². The summed E-state index contributed by atoms with van der Waals surface area (Å²) >= 11 is 0. The van der Waals surface area contributed by atoms with Gasteiger partial charge in [-0.2, -0.15) is 0 Å². The van der Waals surface area contributed by atoms with Crippen molar-refractivity contribution in [1.82, 2.24) is 20.9 Å². The van der Waals surface area contributed by atoms with Gasteiger partial charge in [-0.05, 0) is 49.8 Å². The highest BCUT2D eigenvalue weighted by molar-refractivity contribution is 6.01. The van der Waals surface area contributed by atoms with Gasteiger partial charge in [0.1, 0.15) is 23.5 Å². The molecule has 1 saturated heterocycles. The Bertz CT molecular complexity index is 1120. The van der Waals surface area contributed by atoms with E-state index in [9.17, 15) is 19.2 Å². The highest BCUT2D eigenvalue weighted by atomic mass is 16.5. The zero-order chi connectivity index (χ0) is 25.7. The number of nitrogens with one attached hydrogen (secondary N) is 4. The minimum absolute atomic E-state index is 0.137. The number of esters is 1. The Kier molecular flexibility index (Phi) is 8.12. The number of benzene rings is 1. The van der Waals surface area contributed by atoms with Gasteiger partial charge in [-0.1, -0.05) is 25.8 Å². The van der Waals surface area contributed by atoms with Crippen LogP contribution < -0.4 is 20.7 Å². The van der Waals surface area contributed by atoms with Crippen molar-refractivity contribution in [2.24, 2.45) is 11.8 Å². The standard InChI is InChI=1S/C26H34N4O6/c1-3-11-36-22-6-4-5-18-17(22)14-20(28-18)25(33)29-19(12-15-7-8-15)24(32)30-21(26(34)35-2)13-16-9-10-27-23(16)31/h4-6,14-16,19,21,28H,3,7-13H2,1-2H3,(H,27,31)(H,29,33)(H,30,32)/t16-,19-,21-/m0/s1. The summed E-state index contributed by atoms with van der Waals surface area (Å²) in [5.74, 6) is -0.979. The molecule has 1 aromatic carbocycles. The van der Waals surface area contributed by atoms with E-state index >= 15 is 0 Å².